The van der Waals surface area contributed by atoms with Gasteiger partial charge >= 0.3 is 6.01 Å². The van der Waals surface area contributed by atoms with Crippen molar-refractivity contribution in [2.24, 2.45) is 0 Å². The zero-order valence-corrected chi connectivity index (χ0v) is 11.3. The Hall–Kier alpha value is -2.88. The van der Waals surface area contributed by atoms with Crippen LogP contribution in [0.1, 0.15) is 21.7 Å². The second-order valence-electron chi connectivity index (χ2n) is 4.61. The highest BCUT2D eigenvalue weighted by Crippen LogP contribution is 2.14. The Morgan fingerprint density at radius 1 is 1.00 bits per heavy atom. The SMILES string of the molecule is O=C(Nc1ncc(Cc2ccccc2)o1)c1ccccc1. The lowest BCUT2D eigenvalue weighted by molar-refractivity contribution is 0.102. The number of amides is 1. The fraction of sp³-hybridized carbons (Fsp3) is 0.0588. The first kappa shape index (κ1) is 13.1. The summed E-state index contributed by atoms with van der Waals surface area (Å²) in [5.41, 5.74) is 1.70. The zero-order chi connectivity index (χ0) is 14.5. The molecule has 1 amide bonds. The van der Waals surface area contributed by atoms with Crippen molar-refractivity contribution in [3.63, 3.8) is 0 Å². The van der Waals surface area contributed by atoms with Gasteiger partial charge in [0.25, 0.3) is 5.91 Å². The molecule has 0 aliphatic rings. The molecule has 4 heteroatoms. The molecule has 0 saturated heterocycles. The number of hydrogen-bond acceptors (Lipinski definition) is 3. The number of nitrogens with one attached hydrogen (secondary N) is 1. The summed E-state index contributed by atoms with van der Waals surface area (Å²) in [6.45, 7) is 0. The van der Waals surface area contributed by atoms with Gasteiger partial charge in [-0.2, -0.15) is 0 Å². The molecule has 0 fully saturated rings. The van der Waals surface area contributed by atoms with E-state index in [0.717, 1.165) is 5.56 Å². The van der Waals surface area contributed by atoms with Gasteiger partial charge in [0.05, 0.1) is 6.20 Å². The molecule has 0 aliphatic heterocycles. The van der Waals surface area contributed by atoms with E-state index in [9.17, 15) is 4.79 Å². The second kappa shape index (κ2) is 6.05. The van der Waals surface area contributed by atoms with Crippen LogP contribution in [-0.4, -0.2) is 10.9 Å². The highest BCUT2D eigenvalue weighted by Gasteiger charge is 2.10. The van der Waals surface area contributed by atoms with Crippen molar-refractivity contribution < 1.29 is 9.21 Å². The van der Waals surface area contributed by atoms with Gasteiger partial charge in [-0.25, -0.2) is 4.98 Å². The van der Waals surface area contributed by atoms with E-state index in [2.05, 4.69) is 10.3 Å². The maximum Gasteiger partial charge on any atom is 0.301 e. The standard InChI is InChI=1S/C17H14N2O2/c20-16(14-9-5-2-6-10-14)19-17-18-12-15(21-17)11-13-7-3-1-4-8-13/h1-10,12H,11H2,(H,18,19,20). The van der Waals surface area contributed by atoms with Crippen LogP contribution < -0.4 is 5.32 Å². The molecule has 0 atom stereocenters. The maximum absolute atomic E-state index is 12.0. The molecular weight excluding hydrogens is 264 g/mol. The molecule has 0 saturated carbocycles. The molecule has 1 heterocycles. The van der Waals surface area contributed by atoms with Crippen molar-refractivity contribution in [1.29, 1.82) is 0 Å². The number of carbonyl (C=O) groups excluding carboxylic acids is 1. The topological polar surface area (TPSA) is 55.1 Å². The van der Waals surface area contributed by atoms with Crippen LogP contribution in [-0.2, 0) is 6.42 Å². The number of nitrogens with zero attached hydrogens (tertiary/aromatic N) is 1. The van der Waals surface area contributed by atoms with Crippen LogP contribution in [0.15, 0.2) is 71.3 Å². The molecule has 2 aromatic carbocycles. The van der Waals surface area contributed by atoms with Crippen molar-refractivity contribution >= 4 is 11.9 Å². The van der Waals surface area contributed by atoms with Gasteiger partial charge < -0.3 is 4.42 Å². The summed E-state index contributed by atoms with van der Waals surface area (Å²) in [4.78, 5) is 16.0. The lowest BCUT2D eigenvalue weighted by Gasteiger charge is -2.00. The molecule has 1 aromatic heterocycles. The Kier molecular flexibility index (Phi) is 3.78. The van der Waals surface area contributed by atoms with Crippen molar-refractivity contribution in [2.75, 3.05) is 5.32 Å². The molecule has 3 aromatic rings. The average Bonchev–Trinajstić information content (AvgIpc) is 2.96. The number of anilines is 1. The average molecular weight is 278 g/mol. The molecule has 21 heavy (non-hydrogen) atoms. The fourth-order valence-electron chi connectivity index (χ4n) is 2.00. The Morgan fingerprint density at radius 3 is 2.38 bits per heavy atom. The molecule has 0 unspecified atom stereocenters. The minimum atomic E-state index is -0.233. The highest BCUT2D eigenvalue weighted by molar-refractivity contribution is 6.03. The van der Waals surface area contributed by atoms with Crippen LogP contribution in [0.3, 0.4) is 0 Å². The van der Waals surface area contributed by atoms with Crippen molar-refractivity contribution in [2.45, 2.75) is 6.42 Å². The minimum Gasteiger partial charge on any atom is -0.428 e. The van der Waals surface area contributed by atoms with Crippen molar-refractivity contribution in [3.8, 4) is 0 Å². The van der Waals surface area contributed by atoms with Crippen LogP contribution in [0.25, 0.3) is 0 Å². The molecule has 0 aliphatic carbocycles. The maximum atomic E-state index is 12.0. The summed E-state index contributed by atoms with van der Waals surface area (Å²) in [5.74, 6) is 0.480. The van der Waals surface area contributed by atoms with Gasteiger partial charge in [0.15, 0.2) is 0 Å². The van der Waals surface area contributed by atoms with Crippen LogP contribution in [0.2, 0.25) is 0 Å². The smallest absolute Gasteiger partial charge is 0.301 e. The summed E-state index contributed by atoms with van der Waals surface area (Å²) >= 11 is 0. The van der Waals surface area contributed by atoms with E-state index in [4.69, 9.17) is 4.42 Å². The summed E-state index contributed by atoms with van der Waals surface area (Å²) < 4.78 is 5.54. The summed E-state index contributed by atoms with van der Waals surface area (Å²) in [5, 5.41) is 2.65. The molecule has 1 N–H and O–H groups in total. The first-order valence-electron chi connectivity index (χ1n) is 6.66. The number of hydrogen-bond donors (Lipinski definition) is 1. The largest absolute Gasteiger partial charge is 0.428 e. The van der Waals surface area contributed by atoms with E-state index in [0.29, 0.717) is 17.7 Å². The second-order valence-corrected chi connectivity index (χ2v) is 4.61. The summed E-state index contributed by atoms with van der Waals surface area (Å²) in [6.07, 6.45) is 2.28. The third kappa shape index (κ3) is 3.36. The number of oxazole rings is 1. The number of aromatic nitrogens is 1. The monoisotopic (exact) mass is 278 g/mol. The third-order valence-electron chi connectivity index (χ3n) is 3.03. The van der Waals surface area contributed by atoms with E-state index in [1.807, 2.05) is 48.5 Å². The van der Waals surface area contributed by atoms with Gasteiger partial charge in [-0.3, -0.25) is 10.1 Å². The van der Waals surface area contributed by atoms with E-state index >= 15 is 0 Å². The quantitative estimate of drug-likeness (QED) is 0.794. The first-order chi connectivity index (χ1) is 10.3. The molecule has 0 radical (unpaired) electrons. The highest BCUT2D eigenvalue weighted by atomic mass is 16.4. The third-order valence-corrected chi connectivity index (χ3v) is 3.03. The Labute approximate surface area is 122 Å². The Morgan fingerprint density at radius 2 is 1.67 bits per heavy atom. The number of carbonyl (C=O) groups is 1. The molecule has 4 nitrogen and oxygen atoms in total. The van der Waals surface area contributed by atoms with Gasteiger partial charge in [-0.1, -0.05) is 48.5 Å². The van der Waals surface area contributed by atoms with Gasteiger partial charge in [-0.05, 0) is 17.7 Å². The lowest BCUT2D eigenvalue weighted by Crippen LogP contribution is -2.11. The lowest BCUT2D eigenvalue weighted by atomic mass is 10.1. The first-order valence-corrected chi connectivity index (χ1v) is 6.66. The predicted molar refractivity (Wildman–Crippen MR) is 80.1 cm³/mol. The molecular formula is C17H14N2O2. The minimum absolute atomic E-state index is 0.217. The molecule has 0 spiro atoms. The van der Waals surface area contributed by atoms with Crippen LogP contribution in [0.4, 0.5) is 6.01 Å². The summed E-state index contributed by atoms with van der Waals surface area (Å²) in [7, 11) is 0. The van der Waals surface area contributed by atoms with Gasteiger partial charge in [0, 0.05) is 12.0 Å². The van der Waals surface area contributed by atoms with E-state index < -0.39 is 0 Å². The van der Waals surface area contributed by atoms with E-state index in [1.165, 1.54) is 0 Å². The predicted octanol–water partition coefficient (Wildman–Crippen LogP) is 3.52. The van der Waals surface area contributed by atoms with Crippen LogP contribution in [0.5, 0.6) is 0 Å². The molecule has 3 rings (SSSR count). The normalized spacial score (nSPS) is 10.3. The van der Waals surface area contributed by atoms with Gasteiger partial charge in [-0.15, -0.1) is 0 Å². The van der Waals surface area contributed by atoms with Crippen molar-refractivity contribution in [1.82, 2.24) is 4.98 Å². The molecule has 104 valence electrons. The fourth-order valence-corrected chi connectivity index (χ4v) is 2.00. The zero-order valence-electron chi connectivity index (χ0n) is 11.3. The summed E-state index contributed by atoms with van der Waals surface area (Å²) in [6, 6.07) is 19.1. The number of benzene rings is 2. The molecule has 0 bridgehead atoms. The van der Waals surface area contributed by atoms with E-state index in [1.54, 1.807) is 18.3 Å². The van der Waals surface area contributed by atoms with Crippen LogP contribution >= 0.6 is 0 Å². The van der Waals surface area contributed by atoms with Crippen LogP contribution in [0, 0.1) is 0 Å². The van der Waals surface area contributed by atoms with Crippen molar-refractivity contribution in [3.05, 3.63) is 83.7 Å². The Balaban J connectivity index is 1.67. The van der Waals surface area contributed by atoms with E-state index in [-0.39, 0.29) is 11.9 Å². The number of rotatable bonds is 4. The van der Waals surface area contributed by atoms with Gasteiger partial charge in [0.1, 0.15) is 5.76 Å². The van der Waals surface area contributed by atoms with Gasteiger partial charge in [0.2, 0.25) is 0 Å². The Bertz CT molecular complexity index is 721.